The van der Waals surface area contributed by atoms with E-state index in [-0.39, 0.29) is 17.1 Å². The number of nitrogens with zero attached hydrogens (tertiary/aromatic N) is 1. The number of methoxy groups -OCH3 is 1. The van der Waals surface area contributed by atoms with Crippen molar-refractivity contribution >= 4 is 46.8 Å². The molecule has 28 heavy (non-hydrogen) atoms. The molecule has 0 spiro atoms. The Morgan fingerprint density at radius 1 is 1.04 bits per heavy atom. The lowest BCUT2D eigenvalue weighted by Crippen LogP contribution is -2.24. The third-order valence-corrected chi connectivity index (χ3v) is 5.20. The average molecular weight is 416 g/mol. The van der Waals surface area contributed by atoms with E-state index in [4.69, 9.17) is 27.9 Å². The van der Waals surface area contributed by atoms with Crippen LogP contribution in [0.4, 0.5) is 5.69 Å². The van der Waals surface area contributed by atoms with Gasteiger partial charge in [0.05, 0.1) is 18.3 Å². The first kappa shape index (κ1) is 20.2. The molecule has 1 aliphatic heterocycles. The van der Waals surface area contributed by atoms with Gasteiger partial charge in [-0.15, -0.1) is 0 Å². The van der Waals surface area contributed by atoms with Crippen LogP contribution < -0.4 is 4.90 Å². The Balaban J connectivity index is 2.22. The molecule has 0 fully saturated rings. The number of ether oxygens (including phenoxy) is 1. The number of rotatable bonds is 3. The number of carbonyl (C=O) groups is 2. The fourth-order valence-electron chi connectivity index (χ4n) is 3.36. The first-order valence-corrected chi connectivity index (χ1v) is 9.38. The molecule has 144 valence electrons. The second-order valence-corrected chi connectivity index (χ2v) is 7.45. The van der Waals surface area contributed by atoms with Crippen molar-refractivity contribution < 1.29 is 14.3 Å². The van der Waals surface area contributed by atoms with Crippen molar-refractivity contribution in [3.05, 3.63) is 80.0 Å². The number of hydrogen-bond acceptors (Lipinski definition) is 3. The van der Waals surface area contributed by atoms with Gasteiger partial charge < -0.3 is 4.74 Å². The topological polar surface area (TPSA) is 46.6 Å². The summed E-state index contributed by atoms with van der Waals surface area (Å²) in [6.45, 7) is 5.63. The summed E-state index contributed by atoms with van der Waals surface area (Å²) in [6, 6.07) is 10.9. The van der Waals surface area contributed by atoms with Gasteiger partial charge >= 0.3 is 5.97 Å². The number of aryl methyl sites for hydroxylation is 2. The molecule has 0 aromatic heterocycles. The van der Waals surface area contributed by atoms with E-state index >= 15 is 0 Å². The van der Waals surface area contributed by atoms with Crippen LogP contribution in [0.25, 0.3) is 6.08 Å². The predicted molar refractivity (Wildman–Crippen MR) is 113 cm³/mol. The molecule has 0 N–H and O–H groups in total. The molecule has 2 aromatic rings. The van der Waals surface area contributed by atoms with Gasteiger partial charge in [0, 0.05) is 27.0 Å². The highest BCUT2D eigenvalue weighted by Crippen LogP contribution is 2.37. The maximum absolute atomic E-state index is 13.3. The van der Waals surface area contributed by atoms with Gasteiger partial charge in [-0.2, -0.15) is 0 Å². The molecule has 0 aliphatic carbocycles. The van der Waals surface area contributed by atoms with Crippen LogP contribution in [0.5, 0.6) is 0 Å². The Hall–Kier alpha value is -2.56. The lowest BCUT2D eigenvalue weighted by atomic mass is 10.0. The van der Waals surface area contributed by atoms with E-state index in [1.165, 1.54) is 12.0 Å². The third kappa shape index (κ3) is 3.58. The molecule has 4 nitrogen and oxygen atoms in total. The van der Waals surface area contributed by atoms with E-state index in [2.05, 4.69) is 0 Å². The quantitative estimate of drug-likeness (QED) is 0.491. The van der Waals surface area contributed by atoms with Gasteiger partial charge in [0.25, 0.3) is 5.91 Å². The number of anilines is 1. The van der Waals surface area contributed by atoms with Crippen LogP contribution in [0, 0.1) is 13.8 Å². The Labute approximate surface area is 174 Å². The van der Waals surface area contributed by atoms with Crippen molar-refractivity contribution in [3.8, 4) is 0 Å². The second kappa shape index (κ2) is 7.82. The monoisotopic (exact) mass is 415 g/mol. The summed E-state index contributed by atoms with van der Waals surface area (Å²) in [5.41, 5.74) is 4.08. The van der Waals surface area contributed by atoms with E-state index in [0.29, 0.717) is 27.0 Å². The molecular weight excluding hydrogens is 397 g/mol. The van der Waals surface area contributed by atoms with Crippen molar-refractivity contribution in [2.45, 2.75) is 20.8 Å². The first-order chi connectivity index (χ1) is 13.2. The normalized spacial score (nSPS) is 15.6. The van der Waals surface area contributed by atoms with Crippen LogP contribution in [0.15, 0.2) is 53.2 Å². The number of esters is 1. The van der Waals surface area contributed by atoms with Crippen molar-refractivity contribution in [3.63, 3.8) is 0 Å². The molecule has 0 unspecified atom stereocenters. The smallest absolute Gasteiger partial charge is 0.340 e. The largest absolute Gasteiger partial charge is 0.465 e. The van der Waals surface area contributed by atoms with Crippen LogP contribution >= 0.6 is 23.2 Å². The van der Waals surface area contributed by atoms with Gasteiger partial charge in [0.2, 0.25) is 0 Å². The van der Waals surface area contributed by atoms with Gasteiger partial charge in [-0.3, -0.25) is 9.69 Å². The molecule has 2 aromatic carbocycles. The number of amides is 1. The van der Waals surface area contributed by atoms with Crippen LogP contribution in [0.2, 0.25) is 10.0 Å². The Morgan fingerprint density at radius 2 is 1.61 bits per heavy atom. The van der Waals surface area contributed by atoms with Crippen LogP contribution in [0.1, 0.15) is 23.6 Å². The minimum Gasteiger partial charge on any atom is -0.465 e. The fraction of sp³-hybridized carbons (Fsp3) is 0.182. The lowest BCUT2D eigenvalue weighted by molar-refractivity contribution is -0.136. The summed E-state index contributed by atoms with van der Waals surface area (Å²) >= 11 is 12.5. The molecular formula is C22H19Cl2NO3. The van der Waals surface area contributed by atoms with Crippen molar-refractivity contribution in [1.29, 1.82) is 0 Å². The molecule has 0 saturated heterocycles. The maximum Gasteiger partial charge on any atom is 0.340 e. The molecule has 1 heterocycles. The number of benzene rings is 2. The average Bonchev–Trinajstić information content (AvgIpc) is 2.86. The molecule has 1 aliphatic rings. The van der Waals surface area contributed by atoms with Crippen molar-refractivity contribution in [2.75, 3.05) is 12.0 Å². The van der Waals surface area contributed by atoms with Gasteiger partial charge in [0.15, 0.2) is 0 Å². The van der Waals surface area contributed by atoms with Crippen LogP contribution in [-0.2, 0) is 14.3 Å². The highest BCUT2D eigenvalue weighted by atomic mass is 35.5. The lowest BCUT2D eigenvalue weighted by Gasteiger charge is -2.19. The Morgan fingerprint density at radius 3 is 2.14 bits per heavy atom. The fourth-order valence-corrected chi connectivity index (χ4v) is 3.87. The van der Waals surface area contributed by atoms with Gasteiger partial charge in [-0.25, -0.2) is 4.79 Å². The zero-order valence-corrected chi connectivity index (χ0v) is 17.5. The molecule has 0 atom stereocenters. The molecule has 0 bridgehead atoms. The predicted octanol–water partition coefficient (Wildman–Crippen LogP) is 5.49. The summed E-state index contributed by atoms with van der Waals surface area (Å²) in [5, 5.41) is 0.777. The number of halogens is 2. The van der Waals surface area contributed by atoms with E-state index in [1.807, 2.05) is 32.0 Å². The van der Waals surface area contributed by atoms with Gasteiger partial charge in [-0.05, 0) is 62.2 Å². The number of allylic oxidation sites excluding steroid dienone is 1. The zero-order chi connectivity index (χ0) is 20.6. The van der Waals surface area contributed by atoms with Crippen LogP contribution in [-0.4, -0.2) is 19.0 Å². The molecule has 0 saturated carbocycles. The summed E-state index contributed by atoms with van der Waals surface area (Å²) in [5.74, 6) is -0.925. The summed E-state index contributed by atoms with van der Waals surface area (Å²) in [4.78, 5) is 27.3. The van der Waals surface area contributed by atoms with Crippen molar-refractivity contribution in [1.82, 2.24) is 0 Å². The van der Waals surface area contributed by atoms with E-state index in [1.54, 1.807) is 31.2 Å². The van der Waals surface area contributed by atoms with Gasteiger partial charge in [0.1, 0.15) is 0 Å². The minimum atomic E-state index is -0.591. The second-order valence-electron chi connectivity index (χ2n) is 6.63. The standard InChI is InChI=1S/C22H19Cl2NO3/c1-12-8-13(2)10-15(9-12)25-14(3)20(22(27)28-4)17(21(25)26)11-16-18(23)6-5-7-19(16)24/h5-11H,1-4H3/b17-11-. The summed E-state index contributed by atoms with van der Waals surface area (Å²) < 4.78 is 4.93. The molecule has 3 rings (SSSR count). The highest BCUT2D eigenvalue weighted by molar-refractivity contribution is 6.37. The number of hydrogen-bond donors (Lipinski definition) is 0. The third-order valence-electron chi connectivity index (χ3n) is 4.54. The molecule has 1 amide bonds. The van der Waals surface area contributed by atoms with Crippen LogP contribution in [0.3, 0.4) is 0 Å². The van der Waals surface area contributed by atoms with E-state index in [0.717, 1.165) is 11.1 Å². The highest BCUT2D eigenvalue weighted by Gasteiger charge is 2.38. The Bertz CT molecular complexity index is 1010. The van der Waals surface area contributed by atoms with Gasteiger partial charge in [-0.1, -0.05) is 35.3 Å². The summed E-state index contributed by atoms with van der Waals surface area (Å²) in [6.07, 6.45) is 1.55. The maximum atomic E-state index is 13.3. The van der Waals surface area contributed by atoms with E-state index in [9.17, 15) is 9.59 Å². The van der Waals surface area contributed by atoms with Crippen molar-refractivity contribution in [2.24, 2.45) is 0 Å². The SMILES string of the molecule is COC(=O)C1=C(C)N(c2cc(C)cc(C)c2)C(=O)/C1=C\c1c(Cl)cccc1Cl. The summed E-state index contributed by atoms with van der Waals surface area (Å²) in [7, 11) is 1.28. The first-order valence-electron chi connectivity index (χ1n) is 8.62. The minimum absolute atomic E-state index is 0.193. The molecule has 6 heteroatoms. The Kier molecular flexibility index (Phi) is 5.64. The molecule has 0 radical (unpaired) electrons. The number of carbonyl (C=O) groups excluding carboxylic acids is 2. The van der Waals surface area contributed by atoms with E-state index < -0.39 is 5.97 Å². The zero-order valence-electron chi connectivity index (χ0n) is 16.0.